The lowest BCUT2D eigenvalue weighted by molar-refractivity contribution is -0.299. The Kier molecular flexibility index (Phi) is 3.93. The predicted molar refractivity (Wildman–Crippen MR) is 47.6 cm³/mol. The lowest BCUT2D eigenvalue weighted by Crippen LogP contribution is -2.46. The van der Waals surface area contributed by atoms with Crippen molar-refractivity contribution >= 4 is 0 Å². The maximum atomic E-state index is 12.9. The Bertz CT molecular complexity index is 486. The Morgan fingerprint density at radius 3 is 1.95 bits per heavy atom. The van der Waals surface area contributed by atoms with E-state index in [-0.39, 0.29) is 0 Å². The zero-order valence-electron chi connectivity index (χ0n) is 8.81. The molecular weight excluding hydrogens is 283 g/mol. The van der Waals surface area contributed by atoms with E-state index in [0.717, 1.165) is 0 Å². The summed E-state index contributed by atoms with van der Waals surface area (Å²) < 4.78 is 89.7. The second-order valence-electron chi connectivity index (χ2n) is 3.37. The molecule has 0 aliphatic rings. The summed E-state index contributed by atoms with van der Waals surface area (Å²) >= 11 is 0. The van der Waals surface area contributed by atoms with Crippen LogP contribution in [0.25, 0.3) is 0 Å². The average Bonchev–Trinajstić information content (AvgIpc) is 2.22. The molecule has 104 valence electrons. The number of alkyl halides is 6. The van der Waals surface area contributed by atoms with E-state index in [1.165, 1.54) is 6.07 Å². The minimum atomic E-state index is -5.71. The Morgan fingerprint density at radius 1 is 1.00 bits per heavy atom. The van der Waals surface area contributed by atoms with Gasteiger partial charge in [0.15, 0.2) is 0 Å². The second kappa shape index (κ2) is 4.95. The molecule has 0 N–H and O–H groups in total. The highest BCUT2D eigenvalue weighted by Gasteiger charge is 2.59. The van der Waals surface area contributed by atoms with Crippen LogP contribution in [0.3, 0.4) is 0 Å². The molecule has 0 aliphatic heterocycles. The van der Waals surface area contributed by atoms with E-state index in [2.05, 4.69) is 4.74 Å². The number of nitrogens with zero attached hydrogens (tertiary/aromatic N) is 1. The van der Waals surface area contributed by atoms with Crippen LogP contribution in [0.5, 0.6) is 5.75 Å². The summed E-state index contributed by atoms with van der Waals surface area (Å²) in [6.45, 7) is 0. The fourth-order valence-corrected chi connectivity index (χ4v) is 1.15. The van der Waals surface area contributed by atoms with Crippen LogP contribution in [-0.2, 0) is 0 Å². The fourth-order valence-electron chi connectivity index (χ4n) is 1.15. The Morgan fingerprint density at radius 2 is 1.53 bits per heavy atom. The second-order valence-corrected chi connectivity index (χ2v) is 3.37. The topological polar surface area (TPSA) is 33.0 Å². The maximum absolute atomic E-state index is 12.9. The van der Waals surface area contributed by atoms with Gasteiger partial charge in [-0.2, -0.15) is 31.6 Å². The summed E-state index contributed by atoms with van der Waals surface area (Å²) in [5.74, 6) is -2.21. The van der Waals surface area contributed by atoms with Crippen molar-refractivity contribution in [2.75, 3.05) is 0 Å². The Hall–Kier alpha value is -1.98. The number of rotatable bonds is 2. The van der Waals surface area contributed by atoms with Gasteiger partial charge in [0.05, 0.1) is 11.6 Å². The first-order valence-electron chi connectivity index (χ1n) is 4.55. The van der Waals surface area contributed by atoms with Crippen molar-refractivity contribution in [1.82, 2.24) is 0 Å². The van der Waals surface area contributed by atoms with Gasteiger partial charge in [0, 0.05) is 6.07 Å². The largest absolute Gasteiger partial charge is 0.471 e. The molecule has 0 radical (unpaired) electrons. The fraction of sp³-hybridized carbons (Fsp3) is 0.300. The summed E-state index contributed by atoms with van der Waals surface area (Å²) in [6, 6.07) is 2.92. The highest BCUT2D eigenvalue weighted by molar-refractivity contribution is 5.37. The first-order valence-corrected chi connectivity index (χ1v) is 4.55. The molecule has 0 heterocycles. The molecule has 1 aromatic carbocycles. The number of hydrogen-bond acceptors (Lipinski definition) is 2. The van der Waals surface area contributed by atoms with Crippen molar-refractivity contribution in [3.63, 3.8) is 0 Å². The van der Waals surface area contributed by atoms with Gasteiger partial charge in [-0.05, 0) is 12.1 Å². The van der Waals surface area contributed by atoms with Crippen molar-refractivity contribution in [3.05, 3.63) is 29.6 Å². The lowest BCUT2D eigenvalue weighted by Gasteiger charge is -2.23. The van der Waals surface area contributed by atoms with Gasteiger partial charge in [0.2, 0.25) is 0 Å². The van der Waals surface area contributed by atoms with Crippen LogP contribution in [0.2, 0.25) is 0 Å². The quantitative estimate of drug-likeness (QED) is 0.779. The van der Waals surface area contributed by atoms with Gasteiger partial charge < -0.3 is 4.74 Å². The number of hydrogen-bond donors (Lipinski definition) is 0. The predicted octanol–water partition coefficient (Wildman–Crippen LogP) is 3.57. The van der Waals surface area contributed by atoms with Gasteiger partial charge in [-0.3, -0.25) is 0 Å². The van der Waals surface area contributed by atoms with Crippen molar-refractivity contribution in [3.8, 4) is 11.8 Å². The lowest BCUT2D eigenvalue weighted by atomic mass is 10.2. The number of nitriles is 1. The van der Waals surface area contributed by atoms with Crippen molar-refractivity contribution in [2.24, 2.45) is 0 Å². The van der Waals surface area contributed by atoms with E-state index in [1.807, 2.05) is 0 Å². The minimum absolute atomic E-state index is 0.325. The summed E-state index contributed by atoms with van der Waals surface area (Å²) in [4.78, 5) is 0. The van der Waals surface area contributed by atoms with E-state index in [0.29, 0.717) is 18.2 Å². The first-order chi connectivity index (χ1) is 8.54. The van der Waals surface area contributed by atoms with Gasteiger partial charge in [-0.15, -0.1) is 0 Å². The van der Waals surface area contributed by atoms with Crippen LogP contribution in [0, 0.1) is 17.1 Å². The van der Waals surface area contributed by atoms with Gasteiger partial charge >= 0.3 is 12.4 Å². The van der Waals surface area contributed by atoms with E-state index < -0.39 is 35.6 Å². The summed E-state index contributed by atoms with van der Waals surface area (Å²) in [7, 11) is 0. The molecule has 19 heavy (non-hydrogen) atoms. The van der Waals surface area contributed by atoms with Crippen molar-refractivity contribution in [2.45, 2.75) is 18.5 Å². The molecule has 9 heteroatoms. The number of halogens is 7. The summed E-state index contributed by atoms with van der Waals surface area (Å²) in [5.41, 5.74) is -0.460. The molecular formula is C10H4F7NO. The SMILES string of the molecule is N#Cc1cc(F)cc(OC(C(F)(F)F)C(F)(F)F)c1. The molecule has 0 aromatic heterocycles. The third kappa shape index (κ3) is 4.01. The van der Waals surface area contributed by atoms with Gasteiger partial charge in [0.25, 0.3) is 6.10 Å². The van der Waals surface area contributed by atoms with Crippen LogP contribution in [0.4, 0.5) is 30.7 Å². The zero-order valence-corrected chi connectivity index (χ0v) is 8.81. The summed E-state index contributed by atoms with van der Waals surface area (Å²) in [6.07, 6.45) is -15.5. The molecule has 0 unspecified atom stereocenters. The third-order valence-electron chi connectivity index (χ3n) is 1.85. The van der Waals surface area contributed by atoms with Crippen LogP contribution >= 0.6 is 0 Å². The molecule has 1 rings (SSSR count). The van der Waals surface area contributed by atoms with Crippen LogP contribution in [-0.4, -0.2) is 18.5 Å². The standard InChI is InChI=1S/C10H4F7NO/c11-6-1-5(4-18)2-7(3-6)19-8(9(12,13)14)10(15,16)17/h1-3,8H. The number of benzene rings is 1. The Balaban J connectivity index is 3.11. The van der Waals surface area contributed by atoms with Crippen LogP contribution in [0.15, 0.2) is 18.2 Å². The molecule has 0 spiro atoms. The molecule has 0 saturated carbocycles. The molecule has 0 atom stereocenters. The Labute approximate surface area is 102 Å². The van der Waals surface area contributed by atoms with E-state index >= 15 is 0 Å². The maximum Gasteiger partial charge on any atom is 0.434 e. The average molecular weight is 287 g/mol. The van der Waals surface area contributed by atoms with E-state index in [1.54, 1.807) is 0 Å². The summed E-state index contributed by atoms with van der Waals surface area (Å²) in [5, 5.41) is 8.42. The van der Waals surface area contributed by atoms with Crippen molar-refractivity contribution < 1.29 is 35.5 Å². The molecule has 0 amide bonds. The highest BCUT2D eigenvalue weighted by Crippen LogP contribution is 2.36. The van der Waals surface area contributed by atoms with Crippen LogP contribution < -0.4 is 4.74 Å². The molecule has 0 bridgehead atoms. The molecule has 1 aromatic rings. The molecule has 2 nitrogen and oxygen atoms in total. The van der Waals surface area contributed by atoms with Gasteiger partial charge in [-0.25, -0.2) is 4.39 Å². The number of ether oxygens (including phenoxy) is 1. The third-order valence-corrected chi connectivity index (χ3v) is 1.85. The normalized spacial score (nSPS) is 12.4. The smallest absolute Gasteiger partial charge is 0.434 e. The zero-order chi connectivity index (χ0) is 14.8. The molecule has 0 fully saturated rings. The molecule has 0 aliphatic carbocycles. The van der Waals surface area contributed by atoms with Gasteiger partial charge in [-0.1, -0.05) is 0 Å². The van der Waals surface area contributed by atoms with Gasteiger partial charge in [0.1, 0.15) is 11.6 Å². The first kappa shape index (κ1) is 15.1. The van der Waals surface area contributed by atoms with Crippen LogP contribution in [0.1, 0.15) is 5.56 Å². The van der Waals surface area contributed by atoms with E-state index in [4.69, 9.17) is 5.26 Å². The monoisotopic (exact) mass is 287 g/mol. The van der Waals surface area contributed by atoms with Crippen molar-refractivity contribution in [1.29, 1.82) is 5.26 Å². The minimum Gasteiger partial charge on any atom is -0.471 e. The highest BCUT2D eigenvalue weighted by atomic mass is 19.4. The van der Waals surface area contributed by atoms with E-state index in [9.17, 15) is 30.7 Å². The molecule has 0 saturated heterocycles.